The summed E-state index contributed by atoms with van der Waals surface area (Å²) in [5.41, 5.74) is 0. The fourth-order valence-corrected chi connectivity index (χ4v) is 2.49. The number of carbonyl (C=O) groups excluding carboxylic acids is 1. The van der Waals surface area contributed by atoms with Crippen LogP contribution in [-0.4, -0.2) is 29.0 Å². The van der Waals surface area contributed by atoms with E-state index in [4.69, 9.17) is 5.11 Å². The van der Waals surface area contributed by atoms with Crippen LogP contribution in [0, 0.1) is 5.92 Å². The molecule has 13 heavy (non-hydrogen) atoms. The molecular weight excluding hydrogens is 184 g/mol. The van der Waals surface area contributed by atoms with Gasteiger partial charge in [-0.25, -0.2) is 0 Å². The van der Waals surface area contributed by atoms with Crippen LogP contribution < -0.4 is 0 Å². The summed E-state index contributed by atoms with van der Waals surface area (Å²) in [6.07, 6.45) is 5.94. The van der Waals surface area contributed by atoms with Crippen molar-refractivity contribution in [2.24, 2.45) is 5.92 Å². The maximum absolute atomic E-state index is 11.6. The van der Waals surface area contributed by atoms with E-state index in [0.29, 0.717) is 23.2 Å². The lowest BCUT2D eigenvalue weighted by Crippen LogP contribution is -2.19. The zero-order valence-corrected chi connectivity index (χ0v) is 8.81. The number of thioether (sulfide) groups is 1. The van der Waals surface area contributed by atoms with Gasteiger partial charge in [-0.3, -0.25) is 4.79 Å². The lowest BCUT2D eigenvalue weighted by atomic mass is 9.87. The van der Waals surface area contributed by atoms with E-state index in [1.807, 2.05) is 0 Å². The van der Waals surface area contributed by atoms with Gasteiger partial charge in [-0.05, 0) is 12.8 Å². The van der Waals surface area contributed by atoms with Gasteiger partial charge >= 0.3 is 0 Å². The number of Topliss-reactive ketones (excluding diaryl/α,β-unsaturated/α-hetero) is 1. The number of hydrogen-bond donors (Lipinski definition) is 1. The maximum atomic E-state index is 11.6. The Hall–Kier alpha value is -0.0200. The van der Waals surface area contributed by atoms with Crippen molar-refractivity contribution in [3.05, 3.63) is 0 Å². The van der Waals surface area contributed by atoms with Gasteiger partial charge in [0.25, 0.3) is 0 Å². The first-order chi connectivity index (χ1) is 6.34. The van der Waals surface area contributed by atoms with Crippen LogP contribution in [0.15, 0.2) is 0 Å². The highest BCUT2D eigenvalue weighted by Crippen LogP contribution is 2.25. The largest absolute Gasteiger partial charge is 0.396 e. The van der Waals surface area contributed by atoms with Crippen LogP contribution in [0.2, 0.25) is 0 Å². The van der Waals surface area contributed by atoms with E-state index in [2.05, 4.69) is 0 Å². The van der Waals surface area contributed by atoms with Crippen LogP contribution in [0.1, 0.15) is 32.1 Å². The number of aliphatic hydroxyl groups is 1. The van der Waals surface area contributed by atoms with Gasteiger partial charge in [0.2, 0.25) is 0 Å². The van der Waals surface area contributed by atoms with Crippen molar-refractivity contribution in [1.82, 2.24) is 0 Å². The summed E-state index contributed by atoms with van der Waals surface area (Å²) in [5.74, 6) is 2.03. The van der Waals surface area contributed by atoms with E-state index in [1.165, 1.54) is 19.3 Å². The number of rotatable bonds is 5. The number of aliphatic hydroxyl groups excluding tert-OH is 1. The van der Waals surface area contributed by atoms with Crippen LogP contribution in [0.5, 0.6) is 0 Å². The lowest BCUT2D eigenvalue weighted by Gasteiger charge is -2.19. The summed E-state index contributed by atoms with van der Waals surface area (Å²) in [5, 5.41) is 8.56. The molecule has 0 aliphatic heterocycles. The van der Waals surface area contributed by atoms with E-state index in [9.17, 15) is 4.79 Å². The van der Waals surface area contributed by atoms with Crippen LogP contribution in [0.4, 0.5) is 0 Å². The molecule has 0 bridgehead atoms. The zero-order chi connectivity index (χ0) is 9.52. The van der Waals surface area contributed by atoms with Crippen LogP contribution in [0.25, 0.3) is 0 Å². The molecule has 0 aromatic rings. The van der Waals surface area contributed by atoms with Crippen molar-refractivity contribution in [1.29, 1.82) is 0 Å². The molecule has 1 saturated carbocycles. The first-order valence-corrected chi connectivity index (χ1v) is 6.21. The van der Waals surface area contributed by atoms with Crippen molar-refractivity contribution >= 4 is 17.5 Å². The quantitative estimate of drug-likeness (QED) is 0.691. The minimum Gasteiger partial charge on any atom is -0.396 e. The summed E-state index contributed by atoms with van der Waals surface area (Å²) in [7, 11) is 0. The molecule has 0 atom stereocenters. The topological polar surface area (TPSA) is 37.3 Å². The van der Waals surface area contributed by atoms with Crippen molar-refractivity contribution < 1.29 is 9.90 Å². The normalized spacial score (nSPS) is 18.8. The second-order valence-electron chi connectivity index (χ2n) is 3.58. The van der Waals surface area contributed by atoms with E-state index in [-0.39, 0.29) is 6.61 Å². The smallest absolute Gasteiger partial charge is 0.145 e. The highest BCUT2D eigenvalue weighted by Gasteiger charge is 2.20. The minimum absolute atomic E-state index is 0.183. The van der Waals surface area contributed by atoms with E-state index in [1.54, 1.807) is 11.8 Å². The Kier molecular flexibility index (Phi) is 5.47. The molecule has 1 N–H and O–H groups in total. The monoisotopic (exact) mass is 202 g/mol. The van der Waals surface area contributed by atoms with E-state index in [0.717, 1.165) is 12.8 Å². The third-order valence-electron chi connectivity index (χ3n) is 2.54. The van der Waals surface area contributed by atoms with Gasteiger partial charge < -0.3 is 5.11 Å². The molecule has 1 aliphatic rings. The molecular formula is C10H18O2S. The predicted octanol–water partition coefficient (Wildman–Crippen LogP) is 1.86. The highest BCUT2D eigenvalue weighted by atomic mass is 32.2. The molecule has 0 radical (unpaired) electrons. The average Bonchev–Trinajstić information content (AvgIpc) is 2.19. The Labute approximate surface area is 84.1 Å². The number of carbonyl (C=O) groups is 1. The Morgan fingerprint density at radius 3 is 2.62 bits per heavy atom. The van der Waals surface area contributed by atoms with Crippen molar-refractivity contribution in [2.45, 2.75) is 32.1 Å². The molecule has 1 fully saturated rings. The molecule has 0 unspecified atom stereocenters. The molecule has 0 aromatic heterocycles. The second-order valence-corrected chi connectivity index (χ2v) is 4.68. The molecule has 0 spiro atoms. The SMILES string of the molecule is O=C(CSCCO)C1CCCCC1. The van der Waals surface area contributed by atoms with Gasteiger partial charge in [0.1, 0.15) is 5.78 Å². The van der Waals surface area contributed by atoms with Gasteiger partial charge in [0.15, 0.2) is 0 Å². The van der Waals surface area contributed by atoms with Crippen molar-refractivity contribution in [3.63, 3.8) is 0 Å². The number of hydrogen-bond acceptors (Lipinski definition) is 3. The molecule has 0 saturated heterocycles. The average molecular weight is 202 g/mol. The third-order valence-corrected chi connectivity index (χ3v) is 3.50. The summed E-state index contributed by atoms with van der Waals surface area (Å²) >= 11 is 1.56. The van der Waals surface area contributed by atoms with Gasteiger partial charge in [-0.1, -0.05) is 19.3 Å². The maximum Gasteiger partial charge on any atom is 0.145 e. The highest BCUT2D eigenvalue weighted by molar-refractivity contribution is 7.99. The van der Waals surface area contributed by atoms with Gasteiger partial charge in [0.05, 0.1) is 12.4 Å². The summed E-state index contributed by atoms with van der Waals surface area (Å²) in [6.45, 7) is 0.183. The zero-order valence-electron chi connectivity index (χ0n) is 8.00. The Balaban J connectivity index is 2.13. The molecule has 1 aliphatic carbocycles. The van der Waals surface area contributed by atoms with E-state index < -0.39 is 0 Å². The molecule has 0 aromatic carbocycles. The molecule has 0 amide bonds. The predicted molar refractivity (Wildman–Crippen MR) is 56.0 cm³/mol. The standard InChI is InChI=1S/C10H18O2S/c11-6-7-13-8-10(12)9-4-2-1-3-5-9/h9,11H,1-8H2. The molecule has 0 heterocycles. The summed E-state index contributed by atoms with van der Waals surface area (Å²) < 4.78 is 0. The molecule has 2 nitrogen and oxygen atoms in total. The lowest BCUT2D eigenvalue weighted by molar-refractivity contribution is -0.121. The molecule has 3 heteroatoms. The Morgan fingerprint density at radius 1 is 1.31 bits per heavy atom. The van der Waals surface area contributed by atoms with Crippen molar-refractivity contribution in [2.75, 3.05) is 18.1 Å². The fourth-order valence-electron chi connectivity index (χ4n) is 1.78. The van der Waals surface area contributed by atoms with Gasteiger partial charge in [0, 0.05) is 11.7 Å². The number of ketones is 1. The summed E-state index contributed by atoms with van der Waals surface area (Å²) in [6, 6.07) is 0. The first-order valence-electron chi connectivity index (χ1n) is 5.06. The molecule has 1 rings (SSSR count). The van der Waals surface area contributed by atoms with E-state index >= 15 is 0 Å². The van der Waals surface area contributed by atoms with Crippen molar-refractivity contribution in [3.8, 4) is 0 Å². The van der Waals surface area contributed by atoms with Gasteiger partial charge in [-0.2, -0.15) is 11.8 Å². The van der Waals surface area contributed by atoms with Crippen LogP contribution in [0.3, 0.4) is 0 Å². The Bertz CT molecular complexity index is 153. The summed E-state index contributed by atoms with van der Waals surface area (Å²) in [4.78, 5) is 11.6. The minimum atomic E-state index is 0.183. The second kappa shape index (κ2) is 6.44. The van der Waals surface area contributed by atoms with Crippen LogP contribution in [-0.2, 0) is 4.79 Å². The molecule has 76 valence electrons. The Morgan fingerprint density at radius 2 is 2.00 bits per heavy atom. The van der Waals surface area contributed by atoms with Crippen LogP contribution >= 0.6 is 11.8 Å². The fraction of sp³-hybridized carbons (Fsp3) is 0.900. The third kappa shape index (κ3) is 4.14. The first kappa shape index (κ1) is 11.1. The van der Waals surface area contributed by atoms with Gasteiger partial charge in [-0.15, -0.1) is 0 Å².